The Hall–Kier alpha value is -0.930. The minimum absolute atomic E-state index is 0.413. The molecule has 152 valence electrons. The van der Waals surface area contributed by atoms with Gasteiger partial charge in [0.2, 0.25) is 0 Å². The van der Waals surface area contributed by atoms with Crippen LogP contribution in [0.5, 0.6) is 0 Å². The van der Waals surface area contributed by atoms with Crippen LogP contribution in [0.3, 0.4) is 0 Å². The van der Waals surface area contributed by atoms with Gasteiger partial charge in [-0.05, 0) is 49.7 Å². The van der Waals surface area contributed by atoms with Gasteiger partial charge in [-0.3, -0.25) is 9.11 Å². The van der Waals surface area contributed by atoms with Crippen molar-refractivity contribution in [1.29, 1.82) is 0 Å². The molecule has 1 aliphatic rings. The fourth-order valence-electron chi connectivity index (χ4n) is 3.07. The first kappa shape index (κ1) is 22.4. The van der Waals surface area contributed by atoms with Gasteiger partial charge in [-0.2, -0.15) is 0 Å². The van der Waals surface area contributed by atoms with E-state index in [0.717, 1.165) is 29.3 Å². The maximum Gasteiger partial charge on any atom is 0.188 e. The molecular formula is C19H29N2O4S2-. The van der Waals surface area contributed by atoms with Crippen molar-refractivity contribution in [3.8, 4) is 0 Å². The topological polar surface area (TPSA) is 74.2 Å². The molecule has 1 aromatic rings. The molecule has 0 spiro atoms. The summed E-state index contributed by atoms with van der Waals surface area (Å²) in [4.78, 5) is 8.96. The van der Waals surface area contributed by atoms with Crippen LogP contribution in [0.25, 0.3) is 0 Å². The van der Waals surface area contributed by atoms with E-state index < -0.39 is 22.1 Å². The van der Waals surface area contributed by atoms with Gasteiger partial charge in [0.25, 0.3) is 0 Å². The van der Waals surface area contributed by atoms with E-state index in [4.69, 9.17) is 9.57 Å². The molecule has 8 heteroatoms. The standard InChI is InChI=1S/C19H30N2O4S2/c1-5-6-17(27(22)23)25-20-18(15-7-9-16(26-4)10-8-15)19(2,3)21-11-13-24-14-12-21/h7-10,17H,5-6,11-14H2,1-4H3,(H,22,23)/p-1. The van der Waals surface area contributed by atoms with Crippen molar-refractivity contribution in [2.45, 2.75) is 49.5 Å². The number of rotatable bonds is 9. The van der Waals surface area contributed by atoms with E-state index in [1.165, 1.54) is 0 Å². The number of ether oxygens (including phenoxy) is 1. The maximum absolute atomic E-state index is 11.4. The van der Waals surface area contributed by atoms with E-state index in [2.05, 4.69) is 23.9 Å². The smallest absolute Gasteiger partial charge is 0.188 e. The summed E-state index contributed by atoms with van der Waals surface area (Å²) in [5, 5.41) is 4.37. The molecule has 0 N–H and O–H groups in total. The summed E-state index contributed by atoms with van der Waals surface area (Å²) >= 11 is -0.655. The normalized spacial score (nSPS) is 18.9. The second-order valence-electron chi connectivity index (χ2n) is 6.91. The zero-order valence-corrected chi connectivity index (χ0v) is 18.1. The highest BCUT2D eigenvalue weighted by Gasteiger charge is 2.35. The Morgan fingerprint density at radius 1 is 1.37 bits per heavy atom. The molecule has 2 atom stereocenters. The van der Waals surface area contributed by atoms with Crippen molar-refractivity contribution in [1.82, 2.24) is 4.90 Å². The molecular weight excluding hydrogens is 384 g/mol. The first-order valence-corrected chi connectivity index (χ1v) is 11.6. The van der Waals surface area contributed by atoms with Crippen molar-refractivity contribution in [3.63, 3.8) is 0 Å². The lowest BCUT2D eigenvalue weighted by Crippen LogP contribution is -2.54. The van der Waals surface area contributed by atoms with Crippen molar-refractivity contribution < 1.29 is 18.3 Å². The van der Waals surface area contributed by atoms with Crippen LogP contribution in [-0.2, 0) is 20.7 Å². The van der Waals surface area contributed by atoms with Gasteiger partial charge in [0.1, 0.15) is 5.71 Å². The van der Waals surface area contributed by atoms with Crippen LogP contribution in [0.4, 0.5) is 0 Å². The van der Waals surface area contributed by atoms with Crippen LogP contribution >= 0.6 is 11.8 Å². The Morgan fingerprint density at radius 3 is 2.52 bits per heavy atom. The highest BCUT2D eigenvalue weighted by molar-refractivity contribution is 7.98. The second kappa shape index (κ2) is 10.6. The molecule has 27 heavy (non-hydrogen) atoms. The van der Waals surface area contributed by atoms with Gasteiger partial charge >= 0.3 is 0 Å². The summed E-state index contributed by atoms with van der Waals surface area (Å²) < 4.78 is 28.4. The molecule has 0 bridgehead atoms. The fraction of sp³-hybridized carbons (Fsp3) is 0.632. The quantitative estimate of drug-likeness (QED) is 0.268. The molecule has 0 amide bonds. The second-order valence-corrected chi connectivity index (χ2v) is 8.84. The highest BCUT2D eigenvalue weighted by atomic mass is 32.2. The van der Waals surface area contributed by atoms with E-state index in [1.807, 2.05) is 37.4 Å². The Bertz CT molecular complexity index is 644. The van der Waals surface area contributed by atoms with Gasteiger partial charge in [-0.1, -0.05) is 30.6 Å². The van der Waals surface area contributed by atoms with E-state index >= 15 is 0 Å². The average molecular weight is 414 g/mol. The molecule has 2 unspecified atom stereocenters. The van der Waals surface area contributed by atoms with Crippen LogP contribution in [0.1, 0.15) is 39.2 Å². The third-order valence-electron chi connectivity index (χ3n) is 4.75. The molecule has 0 radical (unpaired) electrons. The Kier molecular flexibility index (Phi) is 8.75. The molecule has 0 aliphatic carbocycles. The molecule has 1 heterocycles. The van der Waals surface area contributed by atoms with Crippen molar-refractivity contribution in [2.75, 3.05) is 32.6 Å². The number of thioether (sulfide) groups is 1. The van der Waals surface area contributed by atoms with Crippen LogP contribution < -0.4 is 0 Å². The third-order valence-corrected chi connectivity index (χ3v) is 6.24. The molecule has 6 nitrogen and oxygen atoms in total. The van der Waals surface area contributed by atoms with E-state index in [0.29, 0.717) is 26.1 Å². The number of morpholine rings is 1. The van der Waals surface area contributed by atoms with Gasteiger partial charge in [0, 0.05) is 23.5 Å². The van der Waals surface area contributed by atoms with E-state index in [1.54, 1.807) is 11.8 Å². The van der Waals surface area contributed by atoms with Gasteiger partial charge in [0.05, 0.1) is 18.8 Å². The number of hydrogen-bond donors (Lipinski definition) is 0. The Morgan fingerprint density at radius 2 is 2.00 bits per heavy atom. The van der Waals surface area contributed by atoms with Crippen molar-refractivity contribution in [2.24, 2.45) is 5.16 Å². The van der Waals surface area contributed by atoms with E-state index in [9.17, 15) is 8.76 Å². The Balaban J connectivity index is 2.36. The van der Waals surface area contributed by atoms with Crippen LogP contribution in [0.2, 0.25) is 0 Å². The largest absolute Gasteiger partial charge is 0.769 e. The molecule has 1 aliphatic heterocycles. The number of benzene rings is 1. The fourth-order valence-corrected chi connectivity index (χ4v) is 4.02. The zero-order chi connectivity index (χ0) is 19.9. The predicted molar refractivity (Wildman–Crippen MR) is 110 cm³/mol. The van der Waals surface area contributed by atoms with Crippen LogP contribution in [0.15, 0.2) is 34.3 Å². The van der Waals surface area contributed by atoms with Gasteiger partial charge in [-0.25, -0.2) is 0 Å². The molecule has 1 saturated heterocycles. The SMILES string of the molecule is CCCC(ON=C(c1ccc(SC)cc1)C(C)(C)N1CCOCC1)S(=O)[O-]. The average Bonchev–Trinajstić information content (AvgIpc) is 2.68. The molecule has 0 aromatic heterocycles. The zero-order valence-electron chi connectivity index (χ0n) is 16.5. The molecule has 2 rings (SSSR count). The maximum atomic E-state index is 11.4. The summed E-state index contributed by atoms with van der Waals surface area (Å²) in [6.07, 6.45) is 3.15. The highest BCUT2D eigenvalue weighted by Crippen LogP contribution is 2.25. The molecule has 1 aromatic carbocycles. The minimum atomic E-state index is -2.33. The summed E-state index contributed by atoms with van der Waals surface area (Å²) in [6, 6.07) is 8.11. The summed E-state index contributed by atoms with van der Waals surface area (Å²) in [7, 11) is 0. The summed E-state index contributed by atoms with van der Waals surface area (Å²) in [6.45, 7) is 9.03. The minimum Gasteiger partial charge on any atom is -0.769 e. The van der Waals surface area contributed by atoms with Gasteiger partial charge in [0.15, 0.2) is 5.44 Å². The Labute approximate surface area is 169 Å². The number of nitrogens with zero attached hydrogens (tertiary/aromatic N) is 2. The summed E-state index contributed by atoms with van der Waals surface area (Å²) in [5.41, 5.74) is 0.294. The first-order chi connectivity index (χ1) is 12.9. The predicted octanol–water partition coefficient (Wildman–Crippen LogP) is 3.25. The lowest BCUT2D eigenvalue weighted by Gasteiger charge is -2.41. The number of hydrogen-bond acceptors (Lipinski definition) is 7. The number of oxime groups is 1. The van der Waals surface area contributed by atoms with Crippen molar-refractivity contribution >= 4 is 28.6 Å². The lowest BCUT2D eigenvalue weighted by atomic mass is 9.90. The van der Waals surface area contributed by atoms with Crippen molar-refractivity contribution in [3.05, 3.63) is 29.8 Å². The molecule has 1 fully saturated rings. The third kappa shape index (κ3) is 6.02. The monoisotopic (exact) mass is 413 g/mol. The first-order valence-electron chi connectivity index (χ1n) is 9.19. The van der Waals surface area contributed by atoms with Crippen LogP contribution in [0, 0.1) is 0 Å². The van der Waals surface area contributed by atoms with E-state index in [-0.39, 0.29) is 0 Å². The lowest BCUT2D eigenvalue weighted by molar-refractivity contribution is 0.00834. The van der Waals surface area contributed by atoms with Gasteiger partial charge < -0.3 is 14.1 Å². The van der Waals surface area contributed by atoms with Crippen LogP contribution in [-0.4, -0.2) is 62.9 Å². The molecule has 0 saturated carbocycles. The van der Waals surface area contributed by atoms with Gasteiger partial charge in [-0.15, -0.1) is 11.8 Å². The summed E-state index contributed by atoms with van der Waals surface area (Å²) in [5.74, 6) is 0.